The van der Waals surface area contributed by atoms with Crippen LogP contribution in [-0.4, -0.2) is 6.29 Å². The fourth-order valence-corrected chi connectivity index (χ4v) is 2.41. The number of aldehydes is 1. The van der Waals surface area contributed by atoms with Crippen LogP contribution in [0.4, 0.5) is 0 Å². The fraction of sp³-hybridized carbons (Fsp3) is 0.278. The number of hydrogen-bond acceptors (Lipinski definition) is 1. The van der Waals surface area contributed by atoms with Gasteiger partial charge in [0.2, 0.25) is 0 Å². The van der Waals surface area contributed by atoms with Crippen LogP contribution in [0.25, 0.3) is 11.1 Å². The molecule has 0 bridgehead atoms. The summed E-state index contributed by atoms with van der Waals surface area (Å²) in [6.45, 7) is 6.37. The number of carbonyl (C=O) groups excluding carboxylic acids is 1. The van der Waals surface area contributed by atoms with Gasteiger partial charge in [0.25, 0.3) is 0 Å². The van der Waals surface area contributed by atoms with Crippen molar-refractivity contribution < 1.29 is 4.79 Å². The van der Waals surface area contributed by atoms with Crippen molar-refractivity contribution in [3.8, 4) is 11.1 Å². The van der Waals surface area contributed by atoms with Gasteiger partial charge in [-0.25, -0.2) is 0 Å². The molecule has 0 saturated heterocycles. The van der Waals surface area contributed by atoms with Gasteiger partial charge in [0.15, 0.2) is 6.29 Å². The van der Waals surface area contributed by atoms with Crippen LogP contribution in [-0.2, 0) is 12.8 Å². The molecule has 0 N–H and O–H groups in total. The topological polar surface area (TPSA) is 17.1 Å². The van der Waals surface area contributed by atoms with Gasteiger partial charge in [0, 0.05) is 5.56 Å². The van der Waals surface area contributed by atoms with Crippen LogP contribution >= 0.6 is 0 Å². The SMILES string of the molecule is CCc1ccc(CC)c(-c2cc(C)ccc2C=O)c1. The Balaban J connectivity index is 2.68. The maximum atomic E-state index is 11.3. The molecule has 1 heteroatoms. The fourth-order valence-electron chi connectivity index (χ4n) is 2.41. The normalized spacial score (nSPS) is 10.5. The Morgan fingerprint density at radius 2 is 1.74 bits per heavy atom. The highest BCUT2D eigenvalue weighted by Gasteiger charge is 2.09. The van der Waals surface area contributed by atoms with Gasteiger partial charge in [0.1, 0.15) is 0 Å². The second kappa shape index (κ2) is 5.83. The van der Waals surface area contributed by atoms with E-state index < -0.39 is 0 Å². The molecule has 19 heavy (non-hydrogen) atoms. The van der Waals surface area contributed by atoms with Crippen molar-refractivity contribution in [1.82, 2.24) is 0 Å². The van der Waals surface area contributed by atoms with E-state index in [0.717, 1.165) is 30.3 Å². The molecule has 0 amide bonds. The number of benzene rings is 2. The predicted molar refractivity (Wildman–Crippen MR) is 80.8 cm³/mol. The molecule has 0 fully saturated rings. The van der Waals surface area contributed by atoms with Gasteiger partial charge in [-0.3, -0.25) is 4.79 Å². The van der Waals surface area contributed by atoms with Gasteiger partial charge in [-0.15, -0.1) is 0 Å². The lowest BCUT2D eigenvalue weighted by molar-refractivity contribution is 0.112. The first kappa shape index (κ1) is 13.5. The third-order valence-corrected chi connectivity index (χ3v) is 3.59. The minimum absolute atomic E-state index is 0.772. The highest BCUT2D eigenvalue weighted by molar-refractivity contribution is 5.88. The maximum absolute atomic E-state index is 11.3. The Morgan fingerprint density at radius 1 is 0.947 bits per heavy atom. The van der Waals surface area contributed by atoms with Gasteiger partial charge in [-0.2, -0.15) is 0 Å². The Hall–Kier alpha value is -1.89. The van der Waals surface area contributed by atoms with Crippen molar-refractivity contribution in [1.29, 1.82) is 0 Å². The molecule has 0 atom stereocenters. The second-order valence-electron chi connectivity index (χ2n) is 4.91. The van der Waals surface area contributed by atoms with Crippen LogP contribution in [0.2, 0.25) is 0 Å². The van der Waals surface area contributed by atoms with Crippen molar-refractivity contribution in [3.63, 3.8) is 0 Å². The Bertz CT molecular complexity index is 597. The molecule has 0 heterocycles. The molecule has 1 nitrogen and oxygen atoms in total. The van der Waals surface area contributed by atoms with Crippen LogP contribution in [0.1, 0.15) is 40.9 Å². The highest BCUT2D eigenvalue weighted by Crippen LogP contribution is 2.29. The van der Waals surface area contributed by atoms with Crippen molar-refractivity contribution in [3.05, 3.63) is 58.7 Å². The second-order valence-corrected chi connectivity index (χ2v) is 4.91. The van der Waals surface area contributed by atoms with E-state index in [1.807, 2.05) is 12.1 Å². The number of hydrogen-bond donors (Lipinski definition) is 0. The molecular formula is C18H20O. The van der Waals surface area contributed by atoms with Crippen LogP contribution in [0.15, 0.2) is 36.4 Å². The highest BCUT2D eigenvalue weighted by atomic mass is 16.1. The first-order chi connectivity index (χ1) is 9.19. The summed E-state index contributed by atoms with van der Waals surface area (Å²) >= 11 is 0. The van der Waals surface area contributed by atoms with Crippen LogP contribution in [0.3, 0.4) is 0 Å². The number of carbonyl (C=O) groups is 1. The molecule has 0 unspecified atom stereocenters. The summed E-state index contributed by atoms with van der Waals surface area (Å²) in [5.41, 5.74) is 6.82. The molecule has 0 radical (unpaired) electrons. The quantitative estimate of drug-likeness (QED) is 0.727. The summed E-state index contributed by atoms with van der Waals surface area (Å²) in [6.07, 6.45) is 2.94. The van der Waals surface area contributed by atoms with E-state index in [1.54, 1.807) is 0 Å². The number of rotatable bonds is 4. The van der Waals surface area contributed by atoms with Crippen molar-refractivity contribution in [2.75, 3.05) is 0 Å². The average molecular weight is 252 g/mol. The van der Waals surface area contributed by atoms with E-state index in [0.29, 0.717) is 0 Å². The Morgan fingerprint density at radius 3 is 2.37 bits per heavy atom. The summed E-state index contributed by atoms with van der Waals surface area (Å²) in [6, 6.07) is 12.6. The number of aryl methyl sites for hydroxylation is 3. The standard InChI is InChI=1S/C18H20O/c1-4-14-7-9-15(5-2)18(11-14)17-10-13(3)6-8-16(17)12-19/h6-12H,4-5H2,1-3H3. The molecule has 0 spiro atoms. The van der Waals surface area contributed by atoms with Crippen molar-refractivity contribution in [2.24, 2.45) is 0 Å². The van der Waals surface area contributed by atoms with E-state index in [2.05, 4.69) is 45.0 Å². The summed E-state index contributed by atoms with van der Waals surface area (Å²) in [7, 11) is 0. The molecule has 0 saturated carbocycles. The van der Waals surface area contributed by atoms with E-state index in [4.69, 9.17) is 0 Å². The zero-order valence-corrected chi connectivity index (χ0v) is 11.9. The monoisotopic (exact) mass is 252 g/mol. The first-order valence-electron chi connectivity index (χ1n) is 6.87. The minimum atomic E-state index is 0.772. The van der Waals surface area contributed by atoms with Crippen LogP contribution < -0.4 is 0 Å². The Labute approximate surface area is 115 Å². The van der Waals surface area contributed by atoms with Gasteiger partial charge >= 0.3 is 0 Å². The molecule has 98 valence electrons. The molecule has 2 aromatic carbocycles. The molecule has 0 aliphatic heterocycles. The molecule has 0 aromatic heterocycles. The molecule has 2 aromatic rings. The average Bonchev–Trinajstić information content (AvgIpc) is 2.46. The lowest BCUT2D eigenvalue weighted by atomic mass is 9.91. The van der Waals surface area contributed by atoms with Crippen molar-refractivity contribution >= 4 is 6.29 Å². The largest absolute Gasteiger partial charge is 0.298 e. The molecule has 2 rings (SSSR count). The third kappa shape index (κ3) is 2.76. The summed E-state index contributed by atoms with van der Waals surface area (Å²) < 4.78 is 0. The zero-order valence-electron chi connectivity index (χ0n) is 11.9. The molecular weight excluding hydrogens is 232 g/mol. The smallest absolute Gasteiger partial charge is 0.150 e. The summed E-state index contributed by atoms with van der Waals surface area (Å²) in [4.78, 5) is 11.3. The van der Waals surface area contributed by atoms with Gasteiger partial charge in [-0.05, 0) is 42.0 Å². The first-order valence-corrected chi connectivity index (χ1v) is 6.87. The minimum Gasteiger partial charge on any atom is -0.298 e. The van der Waals surface area contributed by atoms with Crippen LogP contribution in [0, 0.1) is 6.92 Å². The molecule has 0 aliphatic carbocycles. The van der Waals surface area contributed by atoms with Crippen molar-refractivity contribution in [2.45, 2.75) is 33.6 Å². The summed E-state index contributed by atoms with van der Waals surface area (Å²) in [5, 5.41) is 0. The van der Waals surface area contributed by atoms with E-state index in [1.165, 1.54) is 22.3 Å². The maximum Gasteiger partial charge on any atom is 0.150 e. The third-order valence-electron chi connectivity index (χ3n) is 3.59. The lowest BCUT2D eigenvalue weighted by Gasteiger charge is -2.13. The van der Waals surface area contributed by atoms with Gasteiger partial charge in [-0.1, -0.05) is 55.8 Å². The van der Waals surface area contributed by atoms with Crippen LogP contribution in [0.5, 0.6) is 0 Å². The van der Waals surface area contributed by atoms with E-state index >= 15 is 0 Å². The van der Waals surface area contributed by atoms with Gasteiger partial charge in [0.05, 0.1) is 0 Å². The Kier molecular flexibility index (Phi) is 4.16. The summed E-state index contributed by atoms with van der Waals surface area (Å²) in [5.74, 6) is 0. The zero-order chi connectivity index (χ0) is 13.8. The van der Waals surface area contributed by atoms with E-state index in [9.17, 15) is 4.79 Å². The molecule has 0 aliphatic rings. The predicted octanol–water partition coefficient (Wildman–Crippen LogP) is 4.60. The van der Waals surface area contributed by atoms with Gasteiger partial charge < -0.3 is 0 Å². The van der Waals surface area contributed by atoms with E-state index in [-0.39, 0.29) is 0 Å². The lowest BCUT2D eigenvalue weighted by Crippen LogP contribution is -1.95.